The number of furan rings is 1. The van der Waals surface area contributed by atoms with Gasteiger partial charge in [-0.1, -0.05) is 172 Å². The SMILES string of the molecule is CC1(C)c2ccc(-c3c4ccccc4c(-c4ccc5ccccc5c4)c4ccccc34)cc2-c2cccc(-c3cc4oc5ccc6sc7ccccc7c6c5c4c4ccccc34)c21. The van der Waals surface area contributed by atoms with Crippen LogP contribution < -0.4 is 0 Å². The summed E-state index contributed by atoms with van der Waals surface area (Å²) in [6.45, 7) is 4.81. The van der Waals surface area contributed by atoms with E-state index in [4.69, 9.17) is 4.42 Å². The van der Waals surface area contributed by atoms with E-state index in [2.05, 4.69) is 208 Å². The molecule has 14 rings (SSSR count). The number of benzene rings is 11. The summed E-state index contributed by atoms with van der Waals surface area (Å²) < 4.78 is 9.48. The number of rotatable bonds is 3. The van der Waals surface area contributed by atoms with Crippen molar-refractivity contribution in [2.75, 3.05) is 0 Å². The Morgan fingerprint density at radius 3 is 1.68 bits per heavy atom. The molecule has 2 heterocycles. The molecule has 2 aromatic heterocycles. The molecule has 0 N–H and O–H groups in total. The second-order valence-corrected chi connectivity index (χ2v) is 19.0. The summed E-state index contributed by atoms with van der Waals surface area (Å²) in [6.07, 6.45) is 0. The van der Waals surface area contributed by atoms with Gasteiger partial charge in [0.05, 0.1) is 0 Å². The zero-order chi connectivity index (χ0) is 41.6. The van der Waals surface area contributed by atoms with Crippen LogP contribution in [-0.4, -0.2) is 0 Å². The number of thiophene rings is 1. The van der Waals surface area contributed by atoms with Gasteiger partial charge in [-0.2, -0.15) is 0 Å². The molecule has 0 atom stereocenters. The van der Waals surface area contributed by atoms with Crippen LogP contribution in [0.5, 0.6) is 0 Å². The topological polar surface area (TPSA) is 13.1 Å². The van der Waals surface area contributed by atoms with Gasteiger partial charge in [-0.05, 0) is 135 Å². The molecular formula is C61H38OS. The van der Waals surface area contributed by atoms with E-state index in [0.717, 1.165) is 11.2 Å². The van der Waals surface area contributed by atoms with Crippen LogP contribution in [0.4, 0.5) is 0 Å². The van der Waals surface area contributed by atoms with Gasteiger partial charge in [0, 0.05) is 36.4 Å². The lowest BCUT2D eigenvalue weighted by Crippen LogP contribution is -2.16. The number of fused-ring (bicyclic) bond motifs is 15. The van der Waals surface area contributed by atoms with E-state index in [1.54, 1.807) is 0 Å². The lowest BCUT2D eigenvalue weighted by atomic mass is 9.78. The quantitative estimate of drug-likeness (QED) is 0.162. The normalized spacial score (nSPS) is 13.4. The molecule has 294 valence electrons. The van der Waals surface area contributed by atoms with Crippen LogP contribution in [0.2, 0.25) is 0 Å². The van der Waals surface area contributed by atoms with Gasteiger partial charge >= 0.3 is 0 Å². The van der Waals surface area contributed by atoms with E-state index >= 15 is 0 Å². The largest absolute Gasteiger partial charge is 0.456 e. The zero-order valence-electron chi connectivity index (χ0n) is 34.8. The molecule has 1 nitrogen and oxygen atoms in total. The third-order valence-corrected chi connectivity index (χ3v) is 15.3. The number of hydrogen-bond donors (Lipinski definition) is 0. The van der Waals surface area contributed by atoms with Crippen LogP contribution in [0, 0.1) is 0 Å². The van der Waals surface area contributed by atoms with E-state index in [1.807, 2.05) is 11.3 Å². The van der Waals surface area contributed by atoms with Crippen molar-refractivity contribution in [2.24, 2.45) is 0 Å². The van der Waals surface area contributed by atoms with Crippen LogP contribution >= 0.6 is 11.3 Å². The minimum atomic E-state index is -0.241. The third-order valence-electron chi connectivity index (χ3n) is 14.2. The Morgan fingerprint density at radius 1 is 0.365 bits per heavy atom. The maximum absolute atomic E-state index is 6.88. The predicted molar refractivity (Wildman–Crippen MR) is 271 cm³/mol. The minimum Gasteiger partial charge on any atom is -0.456 e. The first kappa shape index (κ1) is 35.1. The molecule has 0 aliphatic heterocycles. The molecule has 0 saturated heterocycles. The highest BCUT2D eigenvalue weighted by molar-refractivity contribution is 7.26. The van der Waals surface area contributed by atoms with Gasteiger partial charge < -0.3 is 4.42 Å². The molecule has 13 aromatic rings. The predicted octanol–water partition coefficient (Wildman–Crippen LogP) is 17.9. The highest BCUT2D eigenvalue weighted by Crippen LogP contribution is 2.55. The van der Waals surface area contributed by atoms with Crippen molar-refractivity contribution in [3.05, 3.63) is 205 Å². The molecule has 0 spiro atoms. The van der Waals surface area contributed by atoms with Crippen LogP contribution in [0.25, 0.3) is 130 Å². The second-order valence-electron chi connectivity index (χ2n) is 17.9. The molecule has 0 saturated carbocycles. The first-order chi connectivity index (χ1) is 31.0. The van der Waals surface area contributed by atoms with Gasteiger partial charge in [-0.3, -0.25) is 0 Å². The fourth-order valence-electron chi connectivity index (χ4n) is 11.5. The van der Waals surface area contributed by atoms with Crippen molar-refractivity contribution in [3.8, 4) is 44.5 Å². The first-order valence-corrected chi connectivity index (χ1v) is 22.7. The Bertz CT molecular complexity index is 4060. The molecule has 11 aromatic carbocycles. The lowest BCUT2D eigenvalue weighted by molar-refractivity contribution is 0.661. The van der Waals surface area contributed by atoms with Crippen LogP contribution in [-0.2, 0) is 5.41 Å². The Hall–Kier alpha value is -7.52. The summed E-state index contributed by atoms with van der Waals surface area (Å²) in [6, 6.07) is 72.2. The molecule has 63 heavy (non-hydrogen) atoms. The van der Waals surface area contributed by atoms with Gasteiger partial charge in [-0.15, -0.1) is 11.3 Å². The van der Waals surface area contributed by atoms with Crippen LogP contribution in [0.1, 0.15) is 25.0 Å². The fourth-order valence-corrected chi connectivity index (χ4v) is 12.6. The Morgan fingerprint density at radius 2 is 0.952 bits per heavy atom. The van der Waals surface area contributed by atoms with Crippen molar-refractivity contribution >= 4 is 96.5 Å². The Balaban J connectivity index is 0.986. The summed E-state index contributed by atoms with van der Waals surface area (Å²) in [5, 5.41) is 15.1. The minimum absolute atomic E-state index is 0.241. The van der Waals surface area contributed by atoms with Gasteiger partial charge in [-0.25, -0.2) is 0 Å². The maximum Gasteiger partial charge on any atom is 0.136 e. The van der Waals surface area contributed by atoms with Gasteiger partial charge in [0.15, 0.2) is 0 Å². The molecule has 2 heteroatoms. The van der Waals surface area contributed by atoms with E-state index in [9.17, 15) is 0 Å². The maximum atomic E-state index is 6.88. The lowest BCUT2D eigenvalue weighted by Gasteiger charge is -2.25. The molecule has 0 amide bonds. The van der Waals surface area contributed by atoms with E-state index in [-0.39, 0.29) is 5.41 Å². The van der Waals surface area contributed by atoms with Crippen molar-refractivity contribution < 1.29 is 4.42 Å². The van der Waals surface area contributed by atoms with Crippen molar-refractivity contribution in [3.63, 3.8) is 0 Å². The van der Waals surface area contributed by atoms with E-state index in [1.165, 1.54) is 130 Å². The van der Waals surface area contributed by atoms with Crippen LogP contribution in [0.3, 0.4) is 0 Å². The third kappa shape index (κ3) is 4.82. The molecule has 1 aliphatic rings. The first-order valence-electron chi connectivity index (χ1n) is 21.9. The summed E-state index contributed by atoms with van der Waals surface area (Å²) in [5.41, 5.74) is 14.5. The molecule has 0 fully saturated rings. The molecule has 1 aliphatic carbocycles. The molecule has 0 bridgehead atoms. The Kier molecular flexibility index (Phi) is 7.12. The highest BCUT2D eigenvalue weighted by atomic mass is 32.1. The summed E-state index contributed by atoms with van der Waals surface area (Å²) in [4.78, 5) is 0. The van der Waals surface area contributed by atoms with Crippen LogP contribution in [0.15, 0.2) is 199 Å². The zero-order valence-corrected chi connectivity index (χ0v) is 35.6. The van der Waals surface area contributed by atoms with Crippen molar-refractivity contribution in [2.45, 2.75) is 19.3 Å². The van der Waals surface area contributed by atoms with Crippen molar-refractivity contribution in [1.82, 2.24) is 0 Å². The summed E-state index contributed by atoms with van der Waals surface area (Å²) in [7, 11) is 0. The van der Waals surface area contributed by atoms with E-state index in [0.29, 0.717) is 0 Å². The smallest absolute Gasteiger partial charge is 0.136 e. The van der Waals surface area contributed by atoms with Gasteiger partial charge in [0.1, 0.15) is 11.2 Å². The number of hydrogen-bond acceptors (Lipinski definition) is 2. The average molecular weight is 819 g/mol. The van der Waals surface area contributed by atoms with Gasteiger partial charge in [0.25, 0.3) is 0 Å². The monoisotopic (exact) mass is 818 g/mol. The Labute approximate surface area is 368 Å². The van der Waals surface area contributed by atoms with Crippen molar-refractivity contribution in [1.29, 1.82) is 0 Å². The highest BCUT2D eigenvalue weighted by Gasteiger charge is 2.38. The molecule has 0 unspecified atom stereocenters. The fraction of sp³-hybridized carbons (Fsp3) is 0.0492. The molecular weight excluding hydrogens is 781 g/mol. The summed E-state index contributed by atoms with van der Waals surface area (Å²) >= 11 is 1.86. The average Bonchev–Trinajstić information content (AvgIpc) is 3.97. The second kappa shape index (κ2) is 12.8. The summed E-state index contributed by atoms with van der Waals surface area (Å²) in [5.74, 6) is 0. The standard InChI is InChI=1S/C61H38OS/c1-61(2)50-29-28-38(56-43-20-9-7-18-41(43)55(42-19-8-10-21-44(42)56)37-27-26-35-14-3-4-15-36(35)32-37)33-49(50)46-24-13-23-45(60(46)61)48-34-52-57(40-17-6-5-16-39(40)48)59-51(62-52)30-31-54-58(59)47-22-11-12-25-53(47)63-54/h3-34H,1-2H3. The van der Waals surface area contributed by atoms with Gasteiger partial charge in [0.2, 0.25) is 0 Å². The van der Waals surface area contributed by atoms with E-state index < -0.39 is 0 Å². The molecule has 0 radical (unpaired) electrons.